The van der Waals surface area contributed by atoms with Crippen LogP contribution in [0.1, 0.15) is 158 Å². The van der Waals surface area contributed by atoms with Crippen molar-refractivity contribution in [2.75, 3.05) is 12.4 Å². The van der Waals surface area contributed by atoms with Crippen molar-refractivity contribution in [3.63, 3.8) is 0 Å². The summed E-state index contributed by atoms with van der Waals surface area (Å²) in [6.07, 6.45) is 31.2. The number of unbranched alkanes of at least 4 members (excludes halogenated alkanes) is 18. The number of carbonyl (C=O) groups excluding carboxylic acids is 1. The van der Waals surface area contributed by atoms with E-state index >= 15 is 0 Å². The molecule has 2 aromatic rings. The topological polar surface area (TPSA) is 26.3 Å². The maximum Gasteiger partial charge on any atom is 0.189 e. The SMILES string of the molecule is CCCCCCCCCCCCCCCCCCCCSc1ccc(/C=C/C(=O)c2ccccc2OCCCC)cc1. The number of ketones is 1. The smallest absolute Gasteiger partial charge is 0.189 e. The Morgan fingerprint density at radius 2 is 1.12 bits per heavy atom. The molecule has 0 unspecified atom stereocenters. The first-order valence-electron chi connectivity index (χ1n) is 17.4. The van der Waals surface area contributed by atoms with Crippen LogP contribution < -0.4 is 4.74 Å². The highest BCUT2D eigenvalue weighted by atomic mass is 32.2. The fourth-order valence-electron chi connectivity index (χ4n) is 5.25. The van der Waals surface area contributed by atoms with E-state index in [4.69, 9.17) is 4.74 Å². The normalized spacial score (nSPS) is 11.4. The Morgan fingerprint density at radius 3 is 1.67 bits per heavy atom. The van der Waals surface area contributed by atoms with Crippen LogP contribution in [0.3, 0.4) is 0 Å². The van der Waals surface area contributed by atoms with Crippen LogP contribution in [-0.4, -0.2) is 18.1 Å². The minimum Gasteiger partial charge on any atom is -0.493 e. The molecule has 0 N–H and O–H groups in total. The Kier molecular flexibility index (Phi) is 22.0. The summed E-state index contributed by atoms with van der Waals surface area (Å²) in [6, 6.07) is 16.1. The first-order chi connectivity index (χ1) is 20.7. The highest BCUT2D eigenvalue weighted by Crippen LogP contribution is 2.23. The fourth-order valence-corrected chi connectivity index (χ4v) is 6.17. The third kappa shape index (κ3) is 17.8. The van der Waals surface area contributed by atoms with E-state index in [0.29, 0.717) is 17.9 Å². The third-order valence-electron chi connectivity index (χ3n) is 7.98. The van der Waals surface area contributed by atoms with Gasteiger partial charge in [0.15, 0.2) is 5.78 Å². The molecule has 0 aliphatic carbocycles. The van der Waals surface area contributed by atoms with Gasteiger partial charge in [-0.2, -0.15) is 0 Å². The molecule has 0 aliphatic heterocycles. The fraction of sp³-hybridized carbons (Fsp3) is 0.615. The highest BCUT2D eigenvalue weighted by molar-refractivity contribution is 7.99. The zero-order valence-corrected chi connectivity index (χ0v) is 27.9. The lowest BCUT2D eigenvalue weighted by Crippen LogP contribution is -2.03. The van der Waals surface area contributed by atoms with E-state index in [9.17, 15) is 4.79 Å². The molecule has 2 nitrogen and oxygen atoms in total. The van der Waals surface area contributed by atoms with Crippen molar-refractivity contribution in [2.24, 2.45) is 0 Å². The molecule has 0 atom stereocenters. The van der Waals surface area contributed by atoms with E-state index in [1.807, 2.05) is 42.1 Å². The van der Waals surface area contributed by atoms with Gasteiger partial charge in [-0.1, -0.05) is 160 Å². The molecular weight excluding hydrogens is 532 g/mol. The van der Waals surface area contributed by atoms with Gasteiger partial charge in [0.05, 0.1) is 12.2 Å². The highest BCUT2D eigenvalue weighted by Gasteiger charge is 2.09. The van der Waals surface area contributed by atoms with Gasteiger partial charge in [0.1, 0.15) is 5.75 Å². The van der Waals surface area contributed by atoms with Gasteiger partial charge in [0.25, 0.3) is 0 Å². The van der Waals surface area contributed by atoms with Crippen LogP contribution in [0.5, 0.6) is 5.75 Å². The molecule has 0 spiro atoms. The summed E-state index contributed by atoms with van der Waals surface area (Å²) >= 11 is 1.94. The second kappa shape index (κ2) is 25.5. The van der Waals surface area contributed by atoms with Gasteiger partial charge in [0, 0.05) is 4.90 Å². The van der Waals surface area contributed by atoms with E-state index in [0.717, 1.165) is 18.4 Å². The van der Waals surface area contributed by atoms with Crippen molar-refractivity contribution in [1.29, 1.82) is 0 Å². The molecule has 0 saturated carbocycles. The molecule has 2 rings (SSSR count). The van der Waals surface area contributed by atoms with Gasteiger partial charge >= 0.3 is 0 Å². The number of hydrogen-bond acceptors (Lipinski definition) is 3. The molecule has 0 radical (unpaired) electrons. The molecule has 0 aliphatic rings. The second-order valence-corrected chi connectivity index (χ2v) is 13.0. The predicted molar refractivity (Wildman–Crippen MR) is 186 cm³/mol. The lowest BCUT2D eigenvalue weighted by molar-refractivity contribution is 0.104. The average molecular weight is 593 g/mol. The van der Waals surface area contributed by atoms with Crippen molar-refractivity contribution >= 4 is 23.6 Å². The minimum atomic E-state index is -0.0189. The van der Waals surface area contributed by atoms with Crippen molar-refractivity contribution in [1.82, 2.24) is 0 Å². The molecule has 3 heteroatoms. The average Bonchev–Trinajstić information content (AvgIpc) is 3.02. The largest absolute Gasteiger partial charge is 0.493 e. The summed E-state index contributed by atoms with van der Waals surface area (Å²) in [5.41, 5.74) is 1.67. The molecule has 0 aromatic heterocycles. The third-order valence-corrected chi connectivity index (χ3v) is 9.08. The van der Waals surface area contributed by atoms with Crippen molar-refractivity contribution in [3.8, 4) is 5.75 Å². The number of allylic oxidation sites excluding steroid dienone is 1. The van der Waals surface area contributed by atoms with Gasteiger partial charge < -0.3 is 4.74 Å². The number of carbonyl (C=O) groups is 1. The van der Waals surface area contributed by atoms with Gasteiger partial charge in [-0.3, -0.25) is 4.79 Å². The summed E-state index contributed by atoms with van der Waals surface area (Å²) < 4.78 is 5.82. The Hall–Kier alpha value is -2.00. The number of para-hydroxylation sites is 1. The maximum absolute atomic E-state index is 12.8. The van der Waals surface area contributed by atoms with Gasteiger partial charge in [-0.25, -0.2) is 0 Å². The van der Waals surface area contributed by atoms with E-state index < -0.39 is 0 Å². The van der Waals surface area contributed by atoms with E-state index in [2.05, 4.69) is 38.1 Å². The molecule has 0 bridgehead atoms. The van der Waals surface area contributed by atoms with Gasteiger partial charge in [-0.15, -0.1) is 11.8 Å². The van der Waals surface area contributed by atoms with Crippen LogP contribution in [0.2, 0.25) is 0 Å². The molecule has 2 aromatic carbocycles. The van der Waals surface area contributed by atoms with Gasteiger partial charge in [0.2, 0.25) is 0 Å². The minimum absolute atomic E-state index is 0.0189. The lowest BCUT2D eigenvalue weighted by atomic mass is 10.0. The standard InChI is InChI=1S/C39H60O2S/c1-3-5-7-8-9-10-11-12-13-14-15-16-17-18-19-20-21-24-34-42-36-30-27-35(28-31-36)29-32-38(40)37-25-22-23-26-39(37)41-33-6-4-2/h22-23,25-32H,3-21,24,33-34H2,1-2H3/b32-29+. The first kappa shape index (κ1) is 36.2. The molecule has 42 heavy (non-hydrogen) atoms. The van der Waals surface area contributed by atoms with Crippen LogP contribution >= 0.6 is 11.8 Å². The van der Waals surface area contributed by atoms with Crippen molar-refractivity contribution in [2.45, 2.75) is 147 Å². The quantitative estimate of drug-likeness (QED) is 0.0447. The lowest BCUT2D eigenvalue weighted by Gasteiger charge is -2.09. The molecule has 234 valence electrons. The number of benzene rings is 2. The summed E-state index contributed by atoms with van der Waals surface area (Å²) in [7, 11) is 0. The van der Waals surface area contributed by atoms with Crippen molar-refractivity contribution < 1.29 is 9.53 Å². The summed E-state index contributed by atoms with van der Waals surface area (Å²) in [4.78, 5) is 14.1. The van der Waals surface area contributed by atoms with Crippen LogP contribution in [0.15, 0.2) is 59.5 Å². The van der Waals surface area contributed by atoms with E-state index in [1.165, 1.54) is 126 Å². The van der Waals surface area contributed by atoms with E-state index in [-0.39, 0.29) is 5.78 Å². The molecule has 0 amide bonds. The van der Waals surface area contributed by atoms with Crippen LogP contribution in [-0.2, 0) is 0 Å². The predicted octanol–water partition coefficient (Wildman–Crippen LogP) is 12.9. The second-order valence-electron chi connectivity index (χ2n) is 11.8. The number of hydrogen-bond donors (Lipinski definition) is 0. The summed E-state index contributed by atoms with van der Waals surface area (Å²) in [5.74, 6) is 1.84. The summed E-state index contributed by atoms with van der Waals surface area (Å²) in [6.45, 7) is 5.07. The molecular formula is C39H60O2S. The number of thioether (sulfide) groups is 1. The van der Waals surface area contributed by atoms with Crippen LogP contribution in [0.4, 0.5) is 0 Å². The zero-order chi connectivity index (χ0) is 29.9. The van der Waals surface area contributed by atoms with Crippen LogP contribution in [0, 0.1) is 0 Å². The number of ether oxygens (including phenoxy) is 1. The Labute approximate surface area is 263 Å². The Morgan fingerprint density at radius 1 is 0.619 bits per heavy atom. The first-order valence-corrected chi connectivity index (χ1v) is 18.4. The zero-order valence-electron chi connectivity index (χ0n) is 27.1. The monoisotopic (exact) mass is 592 g/mol. The van der Waals surface area contributed by atoms with E-state index in [1.54, 1.807) is 6.08 Å². The molecule has 0 heterocycles. The van der Waals surface area contributed by atoms with Crippen molar-refractivity contribution in [3.05, 3.63) is 65.7 Å². The number of rotatable bonds is 27. The van der Waals surface area contributed by atoms with Crippen LogP contribution in [0.25, 0.3) is 6.08 Å². The molecule has 0 fully saturated rings. The Bertz CT molecular complexity index is 949. The molecule has 0 saturated heterocycles. The Balaban J connectivity index is 1.46. The summed E-state index contributed by atoms with van der Waals surface area (Å²) in [5, 5.41) is 0. The van der Waals surface area contributed by atoms with Gasteiger partial charge in [-0.05, 0) is 54.5 Å². The maximum atomic E-state index is 12.8.